The van der Waals surface area contributed by atoms with Crippen LogP contribution < -0.4 is 21.3 Å². The molecule has 1 fully saturated rings. The van der Waals surface area contributed by atoms with Gasteiger partial charge in [-0.15, -0.1) is 0 Å². The molecule has 312 valence electrons. The van der Waals surface area contributed by atoms with E-state index in [1.165, 1.54) is 38.5 Å². The van der Waals surface area contributed by atoms with Crippen LogP contribution in [-0.2, 0) is 43.6 Å². The number of amides is 4. The first-order valence-corrected chi connectivity index (χ1v) is 21.4. The second-order valence-electron chi connectivity index (χ2n) is 15.3. The number of carbonyl (C=O) groups is 4. The molecule has 4 N–H and O–H groups in total. The lowest BCUT2D eigenvalue weighted by Crippen LogP contribution is -2.55. The van der Waals surface area contributed by atoms with Crippen molar-refractivity contribution in [2.75, 3.05) is 19.7 Å². The van der Waals surface area contributed by atoms with Gasteiger partial charge in [0.15, 0.2) is 0 Å². The molecule has 12 nitrogen and oxygen atoms in total. The van der Waals surface area contributed by atoms with Crippen LogP contribution in [0, 0.1) is 5.92 Å². The summed E-state index contributed by atoms with van der Waals surface area (Å²) < 4.78 is 13.3. The first-order valence-electron chi connectivity index (χ1n) is 21.4. The Hall–Kier alpha value is -4.71. The molecule has 1 saturated carbocycles. The zero-order valence-corrected chi connectivity index (χ0v) is 33.8. The maximum Gasteiger partial charge on any atom is 0.407 e. The average Bonchev–Trinajstić information content (AvgIpc) is 3.76. The van der Waals surface area contributed by atoms with Gasteiger partial charge in [0.05, 0.1) is 19.5 Å². The standard InChI is InChI=1S/C45H66N6O6/c52-42(26-15-4-2-1-3-5-18-31-51-32-30-46-36-51)49-41(35-56-33-38-21-11-7-12-22-38)44(54)50-40(43(53)47-29-27-37-19-9-6-10-20-37)25-16-17-28-48-45(55)57-34-39-23-13-8-14-24-39/h7-8,11-14,21-24,30,32,36-37,40-41H,1-6,9-10,15-20,25-29,31,33-35H2,(H,47,53)(H,48,55)(H,49,52)(H,50,54)/t40-,41-/m0/s1. The summed E-state index contributed by atoms with van der Waals surface area (Å²) in [6.07, 6.45) is 21.3. The van der Waals surface area contributed by atoms with Gasteiger partial charge >= 0.3 is 6.09 Å². The Morgan fingerprint density at radius 2 is 1.39 bits per heavy atom. The Morgan fingerprint density at radius 3 is 2.09 bits per heavy atom. The summed E-state index contributed by atoms with van der Waals surface area (Å²) in [4.78, 5) is 56.8. The summed E-state index contributed by atoms with van der Waals surface area (Å²) in [5, 5.41) is 11.7. The number of nitrogens with zero attached hydrogens (tertiary/aromatic N) is 2. The second-order valence-corrected chi connectivity index (χ2v) is 15.3. The molecule has 0 aliphatic heterocycles. The molecule has 1 aliphatic carbocycles. The maximum atomic E-state index is 13.8. The van der Waals surface area contributed by atoms with Gasteiger partial charge in [-0.1, -0.05) is 125 Å². The monoisotopic (exact) mass is 787 g/mol. The highest BCUT2D eigenvalue weighted by Gasteiger charge is 2.27. The van der Waals surface area contributed by atoms with Crippen LogP contribution in [0.15, 0.2) is 79.4 Å². The summed E-state index contributed by atoms with van der Waals surface area (Å²) >= 11 is 0. The minimum absolute atomic E-state index is 0.0312. The van der Waals surface area contributed by atoms with E-state index in [0.29, 0.717) is 44.7 Å². The predicted octanol–water partition coefficient (Wildman–Crippen LogP) is 7.37. The van der Waals surface area contributed by atoms with E-state index >= 15 is 0 Å². The third kappa shape index (κ3) is 19.8. The SMILES string of the molecule is O=C(CCCCCCCCCn1ccnc1)N[C@@H](COCc1ccccc1)C(=O)N[C@@H](CCCCNC(=O)OCc1ccccc1)C(=O)NCCC1CCCCC1. The fourth-order valence-corrected chi connectivity index (χ4v) is 7.18. The Labute approximate surface area is 339 Å². The largest absolute Gasteiger partial charge is 0.445 e. The van der Waals surface area contributed by atoms with E-state index in [-0.39, 0.29) is 31.6 Å². The van der Waals surface area contributed by atoms with Crippen molar-refractivity contribution in [1.29, 1.82) is 0 Å². The van der Waals surface area contributed by atoms with Gasteiger partial charge in [0, 0.05) is 38.4 Å². The predicted molar refractivity (Wildman–Crippen MR) is 222 cm³/mol. The number of nitrogens with one attached hydrogen (secondary N) is 4. The quantitative estimate of drug-likeness (QED) is 0.0561. The first kappa shape index (κ1) is 45.0. The lowest BCUT2D eigenvalue weighted by molar-refractivity contribution is -0.133. The van der Waals surface area contributed by atoms with Gasteiger partial charge in [-0.3, -0.25) is 14.4 Å². The van der Waals surface area contributed by atoms with E-state index in [9.17, 15) is 19.2 Å². The molecule has 4 rings (SSSR count). The van der Waals surface area contributed by atoms with E-state index in [1.54, 1.807) is 6.20 Å². The number of rotatable bonds is 28. The minimum Gasteiger partial charge on any atom is -0.445 e. The van der Waals surface area contributed by atoms with Crippen molar-refractivity contribution in [1.82, 2.24) is 30.8 Å². The van der Waals surface area contributed by atoms with E-state index < -0.39 is 24.1 Å². The zero-order valence-electron chi connectivity index (χ0n) is 33.8. The Bertz CT molecular complexity index is 1530. The molecular weight excluding hydrogens is 721 g/mol. The number of aryl methyl sites for hydroxylation is 1. The van der Waals surface area contributed by atoms with Crippen molar-refractivity contribution in [3.05, 3.63) is 90.5 Å². The summed E-state index contributed by atoms with van der Waals surface area (Å²) in [6, 6.07) is 17.4. The Morgan fingerprint density at radius 1 is 0.702 bits per heavy atom. The molecule has 0 saturated heterocycles. The number of benzene rings is 2. The number of ether oxygens (including phenoxy) is 2. The van der Waals surface area contributed by atoms with Crippen LogP contribution in [0.3, 0.4) is 0 Å². The van der Waals surface area contributed by atoms with Crippen molar-refractivity contribution in [3.63, 3.8) is 0 Å². The highest BCUT2D eigenvalue weighted by molar-refractivity contribution is 5.92. The summed E-state index contributed by atoms with van der Waals surface area (Å²) in [5.41, 5.74) is 1.86. The van der Waals surface area contributed by atoms with Crippen LogP contribution in [0.2, 0.25) is 0 Å². The third-order valence-corrected chi connectivity index (χ3v) is 10.5. The molecule has 2 atom stereocenters. The molecule has 57 heavy (non-hydrogen) atoms. The topological polar surface area (TPSA) is 153 Å². The van der Waals surface area contributed by atoms with Crippen LogP contribution in [0.4, 0.5) is 4.79 Å². The molecule has 0 unspecified atom stereocenters. The number of imidazole rings is 1. The van der Waals surface area contributed by atoms with Crippen molar-refractivity contribution >= 4 is 23.8 Å². The fraction of sp³-hybridized carbons (Fsp3) is 0.578. The van der Waals surface area contributed by atoms with Gasteiger partial charge in [0.1, 0.15) is 18.7 Å². The molecule has 12 heteroatoms. The fourth-order valence-electron chi connectivity index (χ4n) is 7.18. The van der Waals surface area contributed by atoms with Crippen LogP contribution in [0.1, 0.15) is 120 Å². The summed E-state index contributed by atoms with van der Waals surface area (Å²) in [6.45, 7) is 2.35. The van der Waals surface area contributed by atoms with Crippen LogP contribution in [0.5, 0.6) is 0 Å². The zero-order chi connectivity index (χ0) is 40.2. The lowest BCUT2D eigenvalue weighted by Gasteiger charge is -2.24. The van der Waals surface area contributed by atoms with Crippen LogP contribution in [-0.4, -0.2) is 65.1 Å². The number of aromatic nitrogens is 2. The van der Waals surface area contributed by atoms with Crippen LogP contribution >= 0.6 is 0 Å². The van der Waals surface area contributed by atoms with E-state index in [0.717, 1.165) is 62.6 Å². The molecule has 0 radical (unpaired) electrons. The molecule has 0 bridgehead atoms. The maximum absolute atomic E-state index is 13.8. The van der Waals surface area contributed by atoms with Gasteiger partial charge in [-0.05, 0) is 55.6 Å². The number of alkyl carbamates (subject to hydrolysis) is 1. The third-order valence-electron chi connectivity index (χ3n) is 10.5. The normalized spacial score (nSPS) is 14.0. The van der Waals surface area contributed by atoms with Crippen molar-refractivity contribution in [2.45, 2.75) is 141 Å². The minimum atomic E-state index is -0.963. The number of hydrogen-bond donors (Lipinski definition) is 4. The van der Waals surface area contributed by atoms with Crippen molar-refractivity contribution in [2.24, 2.45) is 5.92 Å². The smallest absolute Gasteiger partial charge is 0.407 e. The summed E-state index contributed by atoms with van der Waals surface area (Å²) in [7, 11) is 0. The van der Waals surface area contributed by atoms with Gasteiger partial charge in [-0.2, -0.15) is 0 Å². The second kappa shape index (κ2) is 27.8. The van der Waals surface area contributed by atoms with E-state index in [2.05, 4.69) is 30.8 Å². The van der Waals surface area contributed by atoms with Crippen molar-refractivity contribution < 1.29 is 28.7 Å². The molecule has 4 amide bonds. The van der Waals surface area contributed by atoms with Gasteiger partial charge in [0.2, 0.25) is 17.7 Å². The Kier molecular flexibility index (Phi) is 22.0. The summed E-state index contributed by atoms with van der Waals surface area (Å²) in [5.74, 6) is -0.300. The highest BCUT2D eigenvalue weighted by atomic mass is 16.5. The molecular formula is C45H66N6O6. The lowest BCUT2D eigenvalue weighted by atomic mass is 9.87. The number of carbonyl (C=O) groups excluding carboxylic acids is 4. The van der Waals surface area contributed by atoms with E-state index in [1.807, 2.05) is 73.2 Å². The molecule has 1 aliphatic rings. The van der Waals surface area contributed by atoms with Crippen molar-refractivity contribution in [3.8, 4) is 0 Å². The van der Waals surface area contributed by atoms with E-state index in [4.69, 9.17) is 9.47 Å². The number of unbranched alkanes of at least 4 members (excludes halogenated alkanes) is 7. The molecule has 3 aromatic rings. The molecule has 2 aromatic carbocycles. The van der Waals surface area contributed by atoms with Gasteiger partial charge in [-0.25, -0.2) is 9.78 Å². The highest BCUT2D eigenvalue weighted by Crippen LogP contribution is 2.25. The van der Waals surface area contributed by atoms with Crippen LogP contribution in [0.25, 0.3) is 0 Å². The average molecular weight is 787 g/mol. The van der Waals surface area contributed by atoms with Gasteiger partial charge < -0.3 is 35.3 Å². The van der Waals surface area contributed by atoms with Gasteiger partial charge in [0.25, 0.3) is 0 Å². The molecule has 1 heterocycles. The molecule has 1 aromatic heterocycles. The Balaban J connectivity index is 1.24. The first-order chi connectivity index (χ1) is 28.0. The molecule has 0 spiro atoms. The number of hydrogen-bond acceptors (Lipinski definition) is 7.